The van der Waals surface area contributed by atoms with E-state index in [1.807, 2.05) is 11.4 Å². The Kier molecular flexibility index (Phi) is 4.17. The highest BCUT2D eigenvalue weighted by Crippen LogP contribution is 2.42. The maximum atomic E-state index is 12.5. The Balaban J connectivity index is 1.73. The van der Waals surface area contributed by atoms with E-state index in [4.69, 9.17) is 0 Å². The van der Waals surface area contributed by atoms with Crippen LogP contribution in [0.4, 0.5) is 5.13 Å². The summed E-state index contributed by atoms with van der Waals surface area (Å²) in [5.41, 5.74) is 0.931. The minimum Gasteiger partial charge on any atom is -0.347 e. The van der Waals surface area contributed by atoms with Gasteiger partial charge in [0, 0.05) is 48.9 Å². The minimum atomic E-state index is -3.31. The summed E-state index contributed by atoms with van der Waals surface area (Å²) in [4.78, 5) is 19.2. The van der Waals surface area contributed by atoms with Crippen molar-refractivity contribution < 1.29 is 8.42 Å². The van der Waals surface area contributed by atoms with Crippen molar-refractivity contribution in [2.75, 3.05) is 30.8 Å². The van der Waals surface area contributed by atoms with E-state index < -0.39 is 10.0 Å². The average Bonchev–Trinajstić information content (AvgIpc) is 3.09. The van der Waals surface area contributed by atoms with Gasteiger partial charge in [-0.15, -0.1) is 11.3 Å². The predicted octanol–water partition coefficient (Wildman–Crippen LogP) is 1.02. The third-order valence-corrected chi connectivity index (χ3v) is 6.57. The van der Waals surface area contributed by atoms with Gasteiger partial charge in [0.2, 0.25) is 10.0 Å². The number of fused-ring (bicyclic) bond motifs is 4. The molecule has 2 aromatic heterocycles. The first-order valence-corrected chi connectivity index (χ1v) is 11.0. The van der Waals surface area contributed by atoms with Crippen LogP contribution in [0.1, 0.15) is 24.1 Å². The van der Waals surface area contributed by atoms with Crippen LogP contribution in [0.15, 0.2) is 34.6 Å². The first kappa shape index (κ1) is 16.7. The van der Waals surface area contributed by atoms with Crippen LogP contribution in [0.25, 0.3) is 0 Å². The summed E-state index contributed by atoms with van der Waals surface area (Å²) < 4.78 is 27.6. The van der Waals surface area contributed by atoms with Crippen LogP contribution in [-0.2, 0) is 10.0 Å². The number of hydrogen-bond acceptors (Lipinski definition) is 6. The fraction of sp³-hybridized carbons (Fsp3) is 0.500. The molecule has 2 aliphatic rings. The molecule has 0 amide bonds. The van der Waals surface area contributed by atoms with Crippen LogP contribution >= 0.6 is 11.3 Å². The first-order valence-electron chi connectivity index (χ1n) is 8.23. The van der Waals surface area contributed by atoms with Crippen molar-refractivity contribution >= 4 is 26.5 Å². The van der Waals surface area contributed by atoms with Crippen molar-refractivity contribution in [1.82, 2.24) is 14.3 Å². The van der Waals surface area contributed by atoms with Crippen molar-refractivity contribution in [2.24, 2.45) is 5.92 Å². The molecule has 1 fully saturated rings. The molecule has 0 unspecified atom stereocenters. The number of rotatable bonds is 4. The maximum Gasteiger partial charge on any atom is 0.251 e. The molecule has 2 bridgehead atoms. The molecule has 1 saturated heterocycles. The Morgan fingerprint density at radius 2 is 2.20 bits per heavy atom. The highest BCUT2D eigenvalue weighted by Gasteiger charge is 2.41. The second-order valence-corrected chi connectivity index (χ2v) is 9.47. The van der Waals surface area contributed by atoms with Crippen LogP contribution in [0.3, 0.4) is 0 Å². The number of aromatic nitrogens is 2. The van der Waals surface area contributed by atoms with Crippen molar-refractivity contribution in [1.29, 1.82) is 0 Å². The fourth-order valence-electron chi connectivity index (χ4n) is 4.07. The smallest absolute Gasteiger partial charge is 0.251 e. The molecule has 4 rings (SSSR count). The Bertz CT molecular complexity index is 923. The van der Waals surface area contributed by atoms with Gasteiger partial charge in [-0.3, -0.25) is 4.79 Å². The molecule has 9 heteroatoms. The second-order valence-electron chi connectivity index (χ2n) is 6.76. The summed E-state index contributed by atoms with van der Waals surface area (Å²) in [6.45, 7) is 1.85. The highest BCUT2D eigenvalue weighted by molar-refractivity contribution is 7.88. The second kappa shape index (κ2) is 6.22. The van der Waals surface area contributed by atoms with Crippen LogP contribution in [0, 0.1) is 5.92 Å². The standard InChI is InChI=1S/C16H20N4O3S2/c1-25(22,23)18-8-14-12-7-11(13-3-2-4-15(21)20(13)14)9-19(10-12)16-17-5-6-24-16/h2-6,11-12,14,18H,7-10H2,1H3/t11-,12+,14+/m1/s1. The lowest BCUT2D eigenvalue weighted by Crippen LogP contribution is -2.52. The third kappa shape index (κ3) is 3.23. The summed E-state index contributed by atoms with van der Waals surface area (Å²) in [5, 5.41) is 2.94. The van der Waals surface area contributed by atoms with E-state index >= 15 is 0 Å². The molecule has 0 aliphatic carbocycles. The van der Waals surface area contributed by atoms with Gasteiger partial charge >= 0.3 is 0 Å². The maximum absolute atomic E-state index is 12.5. The zero-order valence-corrected chi connectivity index (χ0v) is 15.5. The summed E-state index contributed by atoms with van der Waals surface area (Å²) in [6.07, 6.45) is 3.91. The number of nitrogens with zero attached hydrogens (tertiary/aromatic N) is 3. The molecule has 2 aliphatic heterocycles. The number of piperidine rings is 1. The molecule has 0 aromatic carbocycles. The van der Waals surface area contributed by atoms with Crippen molar-refractivity contribution in [3.8, 4) is 0 Å². The Morgan fingerprint density at radius 1 is 1.36 bits per heavy atom. The molecule has 0 spiro atoms. The largest absolute Gasteiger partial charge is 0.347 e. The molecular formula is C16H20N4O3S2. The lowest BCUT2D eigenvalue weighted by atomic mass is 9.78. The van der Waals surface area contributed by atoms with Crippen LogP contribution in [0.5, 0.6) is 0 Å². The Labute approximate surface area is 150 Å². The van der Waals surface area contributed by atoms with E-state index in [1.165, 1.54) is 0 Å². The lowest BCUT2D eigenvalue weighted by Gasteiger charge is -2.47. The monoisotopic (exact) mass is 380 g/mol. The van der Waals surface area contributed by atoms with Gasteiger partial charge < -0.3 is 9.47 Å². The van der Waals surface area contributed by atoms with Crippen LogP contribution < -0.4 is 15.2 Å². The van der Waals surface area contributed by atoms with E-state index in [0.717, 1.165) is 36.6 Å². The molecule has 3 atom stereocenters. The van der Waals surface area contributed by atoms with Gasteiger partial charge in [0.1, 0.15) is 0 Å². The first-order chi connectivity index (χ1) is 11.9. The normalized spacial score (nSPS) is 25.6. The zero-order valence-electron chi connectivity index (χ0n) is 13.8. The van der Waals surface area contributed by atoms with Gasteiger partial charge in [0.25, 0.3) is 5.56 Å². The number of pyridine rings is 1. The summed E-state index contributed by atoms with van der Waals surface area (Å²) in [5.74, 6) is 0.454. The summed E-state index contributed by atoms with van der Waals surface area (Å²) in [6, 6.07) is 5.15. The average molecular weight is 380 g/mol. The Morgan fingerprint density at radius 3 is 2.92 bits per heavy atom. The fourth-order valence-corrected chi connectivity index (χ4v) is 5.21. The molecule has 0 saturated carbocycles. The summed E-state index contributed by atoms with van der Waals surface area (Å²) in [7, 11) is -3.31. The number of sulfonamides is 1. The third-order valence-electron chi connectivity index (χ3n) is 5.04. The summed E-state index contributed by atoms with van der Waals surface area (Å²) >= 11 is 1.61. The van der Waals surface area contributed by atoms with Crippen molar-refractivity contribution in [3.63, 3.8) is 0 Å². The molecule has 4 heterocycles. The molecule has 7 nitrogen and oxygen atoms in total. The molecule has 2 aromatic rings. The van der Waals surface area contributed by atoms with Crippen molar-refractivity contribution in [2.45, 2.75) is 18.4 Å². The van der Waals surface area contributed by atoms with E-state index in [-0.39, 0.29) is 30.0 Å². The van der Waals surface area contributed by atoms with Gasteiger partial charge in [-0.1, -0.05) is 6.07 Å². The molecular weight excluding hydrogens is 360 g/mol. The molecule has 25 heavy (non-hydrogen) atoms. The van der Waals surface area contributed by atoms with E-state index in [9.17, 15) is 13.2 Å². The molecule has 1 N–H and O–H groups in total. The van der Waals surface area contributed by atoms with Crippen LogP contribution in [0.2, 0.25) is 0 Å². The van der Waals surface area contributed by atoms with Gasteiger partial charge in [-0.25, -0.2) is 18.1 Å². The SMILES string of the molecule is CS(=O)(=O)NC[C@H]1[C@H]2C[C@H](CN(c3nccs3)C2)c2cccc(=O)n21. The topological polar surface area (TPSA) is 84.3 Å². The van der Waals surface area contributed by atoms with E-state index in [0.29, 0.717) is 0 Å². The number of anilines is 1. The van der Waals surface area contributed by atoms with Crippen molar-refractivity contribution in [3.05, 3.63) is 45.8 Å². The highest BCUT2D eigenvalue weighted by atomic mass is 32.2. The predicted molar refractivity (Wildman–Crippen MR) is 97.8 cm³/mol. The minimum absolute atomic E-state index is 0.0600. The van der Waals surface area contributed by atoms with Crippen LogP contribution in [-0.4, -0.2) is 43.9 Å². The number of thiazole rings is 1. The van der Waals surface area contributed by atoms with E-state index in [1.54, 1.807) is 34.2 Å². The quantitative estimate of drug-likeness (QED) is 0.856. The zero-order chi connectivity index (χ0) is 17.6. The molecule has 0 radical (unpaired) electrons. The Hall–Kier alpha value is -1.71. The van der Waals surface area contributed by atoms with Gasteiger partial charge in [-0.2, -0.15) is 0 Å². The number of nitrogens with one attached hydrogen (secondary N) is 1. The number of hydrogen-bond donors (Lipinski definition) is 1. The van der Waals surface area contributed by atoms with Gasteiger partial charge in [-0.05, 0) is 18.4 Å². The van der Waals surface area contributed by atoms with Gasteiger partial charge in [0.05, 0.1) is 12.3 Å². The van der Waals surface area contributed by atoms with E-state index in [2.05, 4.69) is 14.6 Å². The lowest BCUT2D eigenvalue weighted by molar-refractivity contribution is 0.214. The molecule has 134 valence electrons. The van der Waals surface area contributed by atoms with Gasteiger partial charge in [0.15, 0.2) is 5.13 Å².